The second-order valence-corrected chi connectivity index (χ2v) is 10.8. The molecule has 2 aliphatic heterocycles. The molecular weight excluding hydrogens is 450 g/mol. The second kappa shape index (κ2) is 8.14. The second-order valence-electron chi connectivity index (χ2n) is 9.82. The lowest BCUT2D eigenvalue weighted by atomic mass is 9.83. The predicted octanol–water partition coefficient (Wildman–Crippen LogP) is 1.82. The number of nitrogen functional groups attached to an aromatic ring is 1. The van der Waals surface area contributed by atoms with Crippen LogP contribution < -0.4 is 21.7 Å². The van der Waals surface area contributed by atoms with E-state index in [0.717, 1.165) is 73.7 Å². The summed E-state index contributed by atoms with van der Waals surface area (Å²) in [5, 5.41) is 3.91. The van der Waals surface area contributed by atoms with Crippen LogP contribution in [0.5, 0.6) is 0 Å². The van der Waals surface area contributed by atoms with Crippen molar-refractivity contribution in [2.24, 2.45) is 11.1 Å². The zero-order chi connectivity index (χ0) is 23.4. The number of pyridine rings is 1. The average molecular weight is 480 g/mol. The fourth-order valence-corrected chi connectivity index (χ4v) is 6.53. The van der Waals surface area contributed by atoms with E-state index >= 15 is 0 Å². The molecule has 2 saturated heterocycles. The van der Waals surface area contributed by atoms with Gasteiger partial charge in [0.2, 0.25) is 0 Å². The van der Waals surface area contributed by atoms with Gasteiger partial charge in [0, 0.05) is 49.1 Å². The molecule has 0 saturated carbocycles. The van der Waals surface area contributed by atoms with Crippen LogP contribution in [-0.2, 0) is 17.6 Å². The summed E-state index contributed by atoms with van der Waals surface area (Å²) < 4.78 is 5.66. The molecule has 3 unspecified atom stereocenters. The highest BCUT2D eigenvalue weighted by molar-refractivity contribution is 7.21. The molecule has 0 bridgehead atoms. The van der Waals surface area contributed by atoms with Crippen molar-refractivity contribution in [3.05, 3.63) is 40.3 Å². The summed E-state index contributed by atoms with van der Waals surface area (Å²) in [6.45, 7) is 5.08. The van der Waals surface area contributed by atoms with E-state index in [4.69, 9.17) is 21.2 Å². The number of carbonyl (C=O) groups excluding carboxylic acids is 1. The van der Waals surface area contributed by atoms with Crippen molar-refractivity contribution in [3.63, 3.8) is 0 Å². The lowest BCUT2D eigenvalue weighted by Gasteiger charge is -2.27. The minimum Gasteiger partial charge on any atom is -0.397 e. The van der Waals surface area contributed by atoms with E-state index in [1.54, 1.807) is 6.20 Å². The van der Waals surface area contributed by atoms with E-state index in [-0.39, 0.29) is 23.4 Å². The van der Waals surface area contributed by atoms with Gasteiger partial charge < -0.3 is 26.4 Å². The number of aryl methyl sites for hydroxylation is 2. The number of fused-ring (bicyclic) bond motifs is 2. The first-order valence-electron chi connectivity index (χ1n) is 11.8. The number of aromatic nitrogens is 3. The fourth-order valence-electron chi connectivity index (χ4n) is 5.51. The molecule has 1 spiro atoms. The third-order valence-electron chi connectivity index (χ3n) is 7.57. The van der Waals surface area contributed by atoms with Gasteiger partial charge in [0.1, 0.15) is 21.3 Å². The third-order valence-corrected chi connectivity index (χ3v) is 8.68. The van der Waals surface area contributed by atoms with Crippen LogP contribution in [0.4, 0.5) is 11.5 Å². The number of carbonyl (C=O) groups is 1. The minimum atomic E-state index is -0.147. The largest absolute Gasteiger partial charge is 0.397 e. The van der Waals surface area contributed by atoms with E-state index in [0.29, 0.717) is 16.4 Å². The molecular formula is C24H29N7O2S. The maximum Gasteiger partial charge on any atom is 0.263 e. The van der Waals surface area contributed by atoms with Crippen molar-refractivity contribution in [1.82, 2.24) is 20.3 Å². The van der Waals surface area contributed by atoms with Gasteiger partial charge in [-0.1, -0.05) is 6.07 Å². The number of nitrogens with two attached hydrogens (primary N) is 2. The van der Waals surface area contributed by atoms with Crippen molar-refractivity contribution in [2.75, 3.05) is 36.9 Å². The molecule has 6 rings (SSSR count). The van der Waals surface area contributed by atoms with Crippen LogP contribution in [0.25, 0.3) is 10.2 Å². The molecule has 3 aliphatic rings. The highest BCUT2D eigenvalue weighted by atomic mass is 32.1. The van der Waals surface area contributed by atoms with Gasteiger partial charge in [-0.2, -0.15) is 0 Å². The standard InChI is InChI=1S/C24H29N7O2S/c1-13-27-9-16-20(26)21(34-23(16)28-13)22(32)29-15-3-4-17-14(8-15)2-5-19(30-17)31-10-18(25)24(11-31)6-7-33-12-24/h2,5,9,15,18H,3-4,6-8,10-12,25-26H2,1H3,(H,29,32). The highest BCUT2D eigenvalue weighted by Gasteiger charge is 2.47. The number of anilines is 2. The van der Waals surface area contributed by atoms with Crippen LogP contribution in [0, 0.1) is 12.3 Å². The molecule has 1 aliphatic carbocycles. The Morgan fingerprint density at radius 1 is 1.35 bits per heavy atom. The van der Waals surface area contributed by atoms with Crippen LogP contribution in [0.2, 0.25) is 0 Å². The Morgan fingerprint density at radius 3 is 3.06 bits per heavy atom. The normalized spacial score (nSPS) is 26.4. The quantitative estimate of drug-likeness (QED) is 0.518. The number of hydrogen-bond donors (Lipinski definition) is 3. The maximum atomic E-state index is 13.0. The maximum absolute atomic E-state index is 13.0. The SMILES string of the molecule is Cc1ncc2c(N)c(C(=O)NC3CCc4nc(N5CC(N)C6(CCOC6)C5)ccc4C3)sc2n1. The highest BCUT2D eigenvalue weighted by Crippen LogP contribution is 2.39. The molecule has 10 heteroatoms. The van der Waals surface area contributed by atoms with Crippen molar-refractivity contribution in [1.29, 1.82) is 0 Å². The molecule has 0 radical (unpaired) electrons. The van der Waals surface area contributed by atoms with Gasteiger partial charge in [-0.05, 0) is 44.2 Å². The summed E-state index contributed by atoms with van der Waals surface area (Å²) in [7, 11) is 0. The van der Waals surface area contributed by atoms with E-state index in [1.807, 2.05) is 6.92 Å². The van der Waals surface area contributed by atoms with Gasteiger partial charge in [-0.3, -0.25) is 4.79 Å². The molecule has 5 N–H and O–H groups in total. The Morgan fingerprint density at radius 2 is 2.24 bits per heavy atom. The van der Waals surface area contributed by atoms with Gasteiger partial charge in [0.25, 0.3) is 5.91 Å². The van der Waals surface area contributed by atoms with Crippen molar-refractivity contribution in [3.8, 4) is 0 Å². The molecule has 3 atom stereocenters. The summed E-state index contributed by atoms with van der Waals surface area (Å²) in [6.07, 6.45) is 5.14. The molecule has 178 valence electrons. The zero-order valence-corrected chi connectivity index (χ0v) is 20.0. The first kappa shape index (κ1) is 21.7. The van der Waals surface area contributed by atoms with Gasteiger partial charge in [-0.25, -0.2) is 15.0 Å². The first-order chi connectivity index (χ1) is 16.4. The molecule has 2 fully saturated rings. The third kappa shape index (κ3) is 3.60. The molecule has 3 aromatic heterocycles. The summed E-state index contributed by atoms with van der Waals surface area (Å²) >= 11 is 1.32. The molecule has 34 heavy (non-hydrogen) atoms. The van der Waals surface area contributed by atoms with Gasteiger partial charge in [-0.15, -0.1) is 11.3 Å². The van der Waals surface area contributed by atoms with Gasteiger partial charge in [0.15, 0.2) is 0 Å². The summed E-state index contributed by atoms with van der Waals surface area (Å²) in [4.78, 5) is 30.2. The summed E-state index contributed by atoms with van der Waals surface area (Å²) in [6, 6.07) is 4.41. The van der Waals surface area contributed by atoms with Crippen LogP contribution in [0.1, 0.15) is 39.6 Å². The van der Waals surface area contributed by atoms with Gasteiger partial charge in [0.05, 0.1) is 17.7 Å². The number of hydrogen-bond acceptors (Lipinski definition) is 9. The molecule has 5 heterocycles. The van der Waals surface area contributed by atoms with Crippen LogP contribution >= 0.6 is 11.3 Å². The van der Waals surface area contributed by atoms with Gasteiger partial charge >= 0.3 is 0 Å². The van der Waals surface area contributed by atoms with E-state index in [1.165, 1.54) is 16.9 Å². The lowest BCUT2D eigenvalue weighted by Crippen LogP contribution is -2.40. The fraction of sp³-hybridized carbons (Fsp3) is 0.500. The smallest absolute Gasteiger partial charge is 0.263 e. The molecule has 1 amide bonds. The topological polar surface area (TPSA) is 132 Å². The van der Waals surface area contributed by atoms with Crippen molar-refractivity contribution >= 4 is 39.0 Å². The Kier molecular flexibility index (Phi) is 5.20. The minimum absolute atomic E-state index is 0.0456. The van der Waals surface area contributed by atoms with E-state index in [2.05, 4.69) is 32.3 Å². The number of nitrogens with one attached hydrogen (secondary N) is 1. The Bertz CT molecular complexity index is 1270. The van der Waals surface area contributed by atoms with Crippen molar-refractivity contribution in [2.45, 2.75) is 44.7 Å². The zero-order valence-electron chi connectivity index (χ0n) is 19.2. The average Bonchev–Trinajstić information content (AvgIpc) is 3.52. The number of nitrogens with zero attached hydrogens (tertiary/aromatic N) is 4. The number of rotatable bonds is 3. The summed E-state index contributed by atoms with van der Waals surface area (Å²) in [5.74, 6) is 1.51. The Labute approximate surface area is 201 Å². The van der Waals surface area contributed by atoms with Crippen LogP contribution in [-0.4, -0.2) is 59.2 Å². The monoisotopic (exact) mass is 479 g/mol. The Balaban J connectivity index is 1.15. The van der Waals surface area contributed by atoms with Crippen LogP contribution in [0.3, 0.4) is 0 Å². The van der Waals surface area contributed by atoms with E-state index in [9.17, 15) is 4.79 Å². The number of amides is 1. The van der Waals surface area contributed by atoms with Crippen LogP contribution in [0.15, 0.2) is 18.3 Å². The van der Waals surface area contributed by atoms with Crippen molar-refractivity contribution < 1.29 is 9.53 Å². The van der Waals surface area contributed by atoms with E-state index < -0.39 is 0 Å². The molecule has 0 aromatic carbocycles. The predicted molar refractivity (Wildman–Crippen MR) is 132 cm³/mol. The summed E-state index contributed by atoms with van der Waals surface area (Å²) in [5.41, 5.74) is 15.6. The Hall–Kier alpha value is -2.82. The number of ether oxygens (including phenoxy) is 1. The lowest BCUT2D eigenvalue weighted by molar-refractivity contribution is 0.0938. The molecule has 9 nitrogen and oxygen atoms in total. The first-order valence-corrected chi connectivity index (χ1v) is 12.6. The molecule has 3 aromatic rings. The number of thiophene rings is 1.